The van der Waals surface area contributed by atoms with E-state index in [2.05, 4.69) is 5.32 Å². The lowest BCUT2D eigenvalue weighted by molar-refractivity contribution is -0.137. The second kappa shape index (κ2) is 8.35. The molecular formula is C18H26N2O4. The Morgan fingerprint density at radius 1 is 1.29 bits per heavy atom. The van der Waals surface area contributed by atoms with Gasteiger partial charge in [-0.1, -0.05) is 6.07 Å². The van der Waals surface area contributed by atoms with Gasteiger partial charge in [-0.25, -0.2) is 0 Å². The van der Waals surface area contributed by atoms with Crippen molar-refractivity contribution in [2.75, 3.05) is 46.6 Å². The van der Waals surface area contributed by atoms with Gasteiger partial charge in [-0.05, 0) is 43.0 Å². The highest BCUT2D eigenvalue weighted by molar-refractivity contribution is 5.78. The van der Waals surface area contributed by atoms with Crippen LogP contribution in [0.2, 0.25) is 0 Å². The van der Waals surface area contributed by atoms with Crippen molar-refractivity contribution >= 4 is 5.91 Å². The van der Waals surface area contributed by atoms with Crippen molar-refractivity contribution < 1.29 is 19.0 Å². The van der Waals surface area contributed by atoms with E-state index in [1.165, 1.54) is 12.8 Å². The number of carbonyl (C=O) groups excluding carboxylic acids is 1. The zero-order valence-electron chi connectivity index (χ0n) is 14.3. The lowest BCUT2D eigenvalue weighted by Crippen LogP contribution is -2.43. The molecule has 1 aromatic carbocycles. The molecule has 132 valence electrons. The van der Waals surface area contributed by atoms with Gasteiger partial charge in [0, 0.05) is 19.6 Å². The minimum absolute atomic E-state index is 0.0180. The molecular weight excluding hydrogens is 308 g/mol. The first-order valence-electron chi connectivity index (χ1n) is 8.62. The van der Waals surface area contributed by atoms with Gasteiger partial charge in [0.1, 0.15) is 0 Å². The van der Waals surface area contributed by atoms with Crippen LogP contribution in [0.25, 0.3) is 0 Å². The number of hydrogen-bond donors (Lipinski definition) is 1. The molecule has 1 heterocycles. The molecule has 0 radical (unpaired) electrons. The quantitative estimate of drug-likeness (QED) is 0.779. The van der Waals surface area contributed by atoms with Gasteiger partial charge in [0.15, 0.2) is 18.1 Å². The fourth-order valence-electron chi connectivity index (χ4n) is 2.73. The van der Waals surface area contributed by atoms with E-state index in [9.17, 15) is 4.79 Å². The van der Waals surface area contributed by atoms with Crippen LogP contribution in [0.15, 0.2) is 18.2 Å². The summed E-state index contributed by atoms with van der Waals surface area (Å²) in [6.07, 6.45) is 2.69. The van der Waals surface area contributed by atoms with Gasteiger partial charge in [-0.15, -0.1) is 0 Å². The number of benzene rings is 1. The number of methoxy groups -OCH3 is 1. The third-order valence-electron chi connectivity index (χ3n) is 4.40. The van der Waals surface area contributed by atoms with Crippen LogP contribution < -0.4 is 14.8 Å². The molecule has 1 aliphatic heterocycles. The first-order valence-corrected chi connectivity index (χ1v) is 8.62. The molecule has 0 unspecified atom stereocenters. The van der Waals surface area contributed by atoms with Crippen LogP contribution in [-0.4, -0.2) is 57.4 Å². The van der Waals surface area contributed by atoms with Crippen molar-refractivity contribution in [1.82, 2.24) is 10.2 Å². The largest absolute Gasteiger partial charge is 0.493 e. The van der Waals surface area contributed by atoms with Crippen molar-refractivity contribution in [2.24, 2.45) is 5.92 Å². The molecule has 1 N–H and O–H groups in total. The van der Waals surface area contributed by atoms with Gasteiger partial charge < -0.3 is 24.4 Å². The van der Waals surface area contributed by atoms with Gasteiger partial charge in [0.2, 0.25) is 0 Å². The van der Waals surface area contributed by atoms with Crippen molar-refractivity contribution in [3.05, 3.63) is 23.8 Å². The summed E-state index contributed by atoms with van der Waals surface area (Å²) in [6.45, 7) is 4.37. The molecule has 2 aliphatic rings. The number of rotatable bonds is 8. The third-order valence-corrected chi connectivity index (χ3v) is 4.40. The van der Waals surface area contributed by atoms with E-state index in [-0.39, 0.29) is 12.5 Å². The van der Waals surface area contributed by atoms with Crippen molar-refractivity contribution in [3.63, 3.8) is 0 Å². The van der Waals surface area contributed by atoms with Crippen LogP contribution in [-0.2, 0) is 16.1 Å². The van der Waals surface area contributed by atoms with E-state index in [0.29, 0.717) is 37.8 Å². The summed E-state index contributed by atoms with van der Waals surface area (Å²) in [5.74, 6) is 2.11. The van der Waals surface area contributed by atoms with Gasteiger partial charge in [-0.2, -0.15) is 0 Å². The van der Waals surface area contributed by atoms with Crippen LogP contribution in [0.3, 0.4) is 0 Å². The molecule has 1 amide bonds. The van der Waals surface area contributed by atoms with E-state index in [1.807, 2.05) is 18.2 Å². The summed E-state index contributed by atoms with van der Waals surface area (Å²) in [5, 5.41) is 3.46. The zero-order chi connectivity index (χ0) is 16.8. The molecule has 0 bridgehead atoms. The first kappa shape index (κ1) is 17.0. The smallest absolute Gasteiger partial charge is 0.260 e. The highest BCUT2D eigenvalue weighted by Gasteiger charge is 2.20. The number of hydrogen-bond acceptors (Lipinski definition) is 5. The molecule has 24 heavy (non-hydrogen) atoms. The molecule has 1 saturated heterocycles. The molecule has 0 aromatic heterocycles. The Labute approximate surface area is 143 Å². The summed E-state index contributed by atoms with van der Waals surface area (Å²) in [5.41, 5.74) is 1.15. The van der Waals surface area contributed by atoms with Gasteiger partial charge >= 0.3 is 0 Å². The molecule has 2 fully saturated rings. The summed E-state index contributed by atoms with van der Waals surface area (Å²) >= 11 is 0. The fraction of sp³-hybridized carbons (Fsp3) is 0.611. The number of amides is 1. The van der Waals surface area contributed by atoms with E-state index in [1.54, 1.807) is 12.0 Å². The fourth-order valence-corrected chi connectivity index (χ4v) is 2.73. The maximum absolute atomic E-state index is 12.1. The average molecular weight is 334 g/mol. The lowest BCUT2D eigenvalue weighted by Gasteiger charge is -2.26. The summed E-state index contributed by atoms with van der Waals surface area (Å²) < 4.78 is 16.3. The van der Waals surface area contributed by atoms with Crippen molar-refractivity contribution in [1.29, 1.82) is 0 Å². The van der Waals surface area contributed by atoms with Gasteiger partial charge in [0.25, 0.3) is 5.91 Å². The topological polar surface area (TPSA) is 60.0 Å². The molecule has 0 spiro atoms. The Bertz CT molecular complexity index is 554. The average Bonchev–Trinajstić information content (AvgIpc) is 3.45. The predicted octanol–water partition coefficient (Wildman–Crippen LogP) is 1.43. The lowest BCUT2D eigenvalue weighted by atomic mass is 10.2. The van der Waals surface area contributed by atoms with E-state index >= 15 is 0 Å². The first-order chi connectivity index (χ1) is 11.8. The minimum Gasteiger partial charge on any atom is -0.493 e. The summed E-state index contributed by atoms with van der Waals surface area (Å²) in [7, 11) is 1.62. The summed E-state index contributed by atoms with van der Waals surface area (Å²) in [4.78, 5) is 13.9. The molecule has 1 saturated carbocycles. The molecule has 3 rings (SSSR count). The van der Waals surface area contributed by atoms with Crippen molar-refractivity contribution in [3.8, 4) is 11.5 Å². The number of ether oxygens (including phenoxy) is 3. The molecule has 1 aliphatic carbocycles. The van der Waals surface area contributed by atoms with E-state index in [0.717, 1.165) is 24.6 Å². The van der Waals surface area contributed by atoms with E-state index in [4.69, 9.17) is 14.2 Å². The Hall–Kier alpha value is -1.79. The second-order valence-electron chi connectivity index (χ2n) is 6.34. The standard InChI is InChI=1S/C18H26N2O4/c1-22-17-10-15(12-19-11-14-2-3-14)4-5-16(17)24-13-18(21)20-6-8-23-9-7-20/h4-5,10,14,19H,2-3,6-9,11-13H2,1H3. The van der Waals surface area contributed by atoms with Gasteiger partial charge in [0.05, 0.1) is 20.3 Å². The summed E-state index contributed by atoms with van der Waals surface area (Å²) in [6, 6.07) is 5.85. The normalized spacial score (nSPS) is 17.6. The highest BCUT2D eigenvalue weighted by Crippen LogP contribution is 2.29. The number of nitrogens with one attached hydrogen (secondary N) is 1. The van der Waals surface area contributed by atoms with Gasteiger partial charge in [-0.3, -0.25) is 4.79 Å². The Balaban J connectivity index is 1.50. The molecule has 0 atom stereocenters. The van der Waals surface area contributed by atoms with Crippen LogP contribution in [0.5, 0.6) is 11.5 Å². The molecule has 6 nitrogen and oxygen atoms in total. The molecule has 1 aromatic rings. The predicted molar refractivity (Wildman–Crippen MR) is 90.3 cm³/mol. The van der Waals surface area contributed by atoms with Crippen LogP contribution in [0, 0.1) is 5.92 Å². The van der Waals surface area contributed by atoms with Crippen LogP contribution in [0.4, 0.5) is 0 Å². The SMILES string of the molecule is COc1cc(CNCC2CC2)ccc1OCC(=O)N1CCOCC1. The maximum atomic E-state index is 12.1. The Kier molecular flexibility index (Phi) is 5.93. The Morgan fingerprint density at radius 2 is 2.08 bits per heavy atom. The second-order valence-corrected chi connectivity index (χ2v) is 6.34. The minimum atomic E-state index is -0.0180. The monoisotopic (exact) mass is 334 g/mol. The third kappa shape index (κ3) is 4.85. The van der Waals surface area contributed by atoms with E-state index < -0.39 is 0 Å². The zero-order valence-corrected chi connectivity index (χ0v) is 14.3. The number of morpholine rings is 1. The van der Waals surface area contributed by atoms with Crippen LogP contribution >= 0.6 is 0 Å². The Morgan fingerprint density at radius 3 is 2.79 bits per heavy atom. The maximum Gasteiger partial charge on any atom is 0.260 e. The highest BCUT2D eigenvalue weighted by atomic mass is 16.5. The van der Waals surface area contributed by atoms with Crippen LogP contribution in [0.1, 0.15) is 18.4 Å². The number of nitrogens with zero attached hydrogens (tertiary/aromatic N) is 1. The molecule has 6 heteroatoms. The number of carbonyl (C=O) groups is 1. The van der Waals surface area contributed by atoms with Crippen molar-refractivity contribution in [2.45, 2.75) is 19.4 Å².